The summed E-state index contributed by atoms with van der Waals surface area (Å²) in [5, 5.41) is 0.415. The van der Waals surface area contributed by atoms with Gasteiger partial charge in [-0.1, -0.05) is 24.4 Å². The van der Waals surface area contributed by atoms with Crippen molar-refractivity contribution in [3.63, 3.8) is 0 Å². The van der Waals surface area contributed by atoms with Gasteiger partial charge in [0.1, 0.15) is 4.21 Å². The Hall–Kier alpha value is 0.670. The summed E-state index contributed by atoms with van der Waals surface area (Å²) in [7, 11) is -3.50. The molecule has 2 rings (SSSR count). The van der Waals surface area contributed by atoms with Crippen LogP contribution >= 0.6 is 50.5 Å². The van der Waals surface area contributed by atoms with E-state index in [4.69, 9.17) is 23.2 Å². The molecule has 8 heteroatoms. The van der Waals surface area contributed by atoms with E-state index < -0.39 is 10.0 Å². The Morgan fingerprint density at radius 3 is 2.53 bits per heavy atom. The van der Waals surface area contributed by atoms with Crippen LogP contribution in [0.2, 0.25) is 5.02 Å². The highest BCUT2D eigenvalue weighted by atomic mass is 79.9. The summed E-state index contributed by atoms with van der Waals surface area (Å²) in [6.07, 6.45) is 4.19. The van der Waals surface area contributed by atoms with Gasteiger partial charge in [0, 0.05) is 12.4 Å². The number of alkyl halides is 1. The topological polar surface area (TPSA) is 46.2 Å². The summed E-state index contributed by atoms with van der Waals surface area (Å²) in [5.74, 6) is 0.490. The van der Waals surface area contributed by atoms with Gasteiger partial charge in [-0.2, -0.15) is 0 Å². The molecule has 1 saturated carbocycles. The predicted octanol–water partition coefficient (Wildman–Crippen LogP) is 4.24. The van der Waals surface area contributed by atoms with Crippen molar-refractivity contribution >= 4 is 60.5 Å². The molecule has 3 nitrogen and oxygen atoms in total. The molecule has 0 spiro atoms. The fourth-order valence-electron chi connectivity index (χ4n) is 2.26. The molecule has 0 amide bonds. The number of rotatable bonds is 5. The molecule has 108 valence electrons. The minimum absolute atomic E-state index is 0.0904. The molecule has 1 aromatic rings. The van der Waals surface area contributed by atoms with Gasteiger partial charge in [-0.25, -0.2) is 13.1 Å². The average Bonchev–Trinajstić information content (AvgIpc) is 2.96. The third-order valence-corrected chi connectivity index (χ3v) is 8.39. The zero-order valence-electron chi connectivity index (χ0n) is 10.1. The maximum Gasteiger partial charge on any atom is 0.250 e. The van der Waals surface area contributed by atoms with E-state index in [0.29, 0.717) is 21.2 Å². The van der Waals surface area contributed by atoms with Crippen molar-refractivity contribution < 1.29 is 8.42 Å². The second-order valence-electron chi connectivity index (χ2n) is 4.85. The lowest BCUT2D eigenvalue weighted by Crippen LogP contribution is -2.36. The van der Waals surface area contributed by atoms with Crippen LogP contribution in [0.15, 0.2) is 14.1 Å². The van der Waals surface area contributed by atoms with Crippen LogP contribution in [-0.2, 0) is 10.0 Å². The van der Waals surface area contributed by atoms with Crippen molar-refractivity contribution in [2.24, 2.45) is 5.41 Å². The van der Waals surface area contributed by atoms with Gasteiger partial charge < -0.3 is 0 Å². The van der Waals surface area contributed by atoms with Crippen LogP contribution in [0, 0.1) is 5.41 Å². The summed E-state index contributed by atoms with van der Waals surface area (Å²) < 4.78 is 27.9. The van der Waals surface area contributed by atoms with Crippen LogP contribution in [0.1, 0.15) is 25.7 Å². The third kappa shape index (κ3) is 3.66. The first-order valence-corrected chi connectivity index (χ1v) is 9.90. The molecule has 0 aliphatic heterocycles. The standard InChI is InChI=1S/C11H14BrCl2NO2S2/c12-10-8(14)5-9(18-10)19(16,17)15-7-11(6-13)3-1-2-4-11/h5,15H,1-4,6-7H2. The van der Waals surface area contributed by atoms with Crippen LogP contribution in [0.5, 0.6) is 0 Å². The lowest BCUT2D eigenvalue weighted by atomic mass is 9.89. The summed E-state index contributed by atoms with van der Waals surface area (Å²) in [5.41, 5.74) is -0.0904. The summed E-state index contributed by atoms with van der Waals surface area (Å²) in [6, 6.07) is 1.46. The fraction of sp³-hybridized carbons (Fsp3) is 0.636. The van der Waals surface area contributed by atoms with E-state index in [-0.39, 0.29) is 9.62 Å². The Balaban J connectivity index is 2.09. The SMILES string of the molecule is O=S(=O)(NCC1(CCl)CCCC1)c1cc(Cl)c(Br)s1. The highest BCUT2D eigenvalue weighted by Gasteiger charge is 2.34. The van der Waals surface area contributed by atoms with Gasteiger partial charge >= 0.3 is 0 Å². The molecule has 0 bridgehead atoms. The lowest BCUT2D eigenvalue weighted by molar-refractivity contribution is 0.342. The Labute approximate surface area is 135 Å². The first-order valence-electron chi connectivity index (χ1n) is 5.89. The third-order valence-electron chi connectivity index (χ3n) is 3.47. The lowest BCUT2D eigenvalue weighted by Gasteiger charge is -2.26. The number of hydrogen-bond donors (Lipinski definition) is 1. The second-order valence-corrected chi connectivity index (χ2v) is 9.89. The number of halogens is 3. The minimum atomic E-state index is -3.50. The molecule has 0 atom stereocenters. The van der Waals surface area contributed by atoms with E-state index in [9.17, 15) is 8.42 Å². The monoisotopic (exact) mass is 405 g/mol. The molecule has 0 unspecified atom stereocenters. The normalized spacial score (nSPS) is 18.9. The van der Waals surface area contributed by atoms with Crippen molar-refractivity contribution in [1.82, 2.24) is 4.72 Å². The molecule has 1 N–H and O–H groups in total. The van der Waals surface area contributed by atoms with Crippen LogP contribution in [0.3, 0.4) is 0 Å². The Morgan fingerprint density at radius 2 is 2.05 bits per heavy atom. The van der Waals surface area contributed by atoms with Gasteiger partial charge in [0.15, 0.2) is 0 Å². The quantitative estimate of drug-likeness (QED) is 0.743. The van der Waals surface area contributed by atoms with Crippen molar-refractivity contribution in [2.45, 2.75) is 29.9 Å². The summed E-state index contributed by atoms with van der Waals surface area (Å²) >= 11 is 16.2. The fourth-order valence-corrected chi connectivity index (χ4v) is 6.22. The van der Waals surface area contributed by atoms with Gasteiger partial charge in [0.2, 0.25) is 10.0 Å². The van der Waals surface area contributed by atoms with E-state index in [1.54, 1.807) is 0 Å². The summed E-state index contributed by atoms with van der Waals surface area (Å²) in [4.78, 5) is 0. The largest absolute Gasteiger partial charge is 0.250 e. The molecule has 1 fully saturated rings. The zero-order chi connectivity index (χ0) is 14.1. The molecular formula is C11H14BrCl2NO2S2. The smallest absolute Gasteiger partial charge is 0.210 e. The molecule has 0 radical (unpaired) electrons. The van der Waals surface area contributed by atoms with E-state index in [2.05, 4.69) is 20.7 Å². The zero-order valence-corrected chi connectivity index (χ0v) is 14.8. The van der Waals surface area contributed by atoms with E-state index in [0.717, 1.165) is 37.0 Å². The molecule has 0 saturated heterocycles. The number of hydrogen-bond acceptors (Lipinski definition) is 3. The van der Waals surface area contributed by atoms with E-state index >= 15 is 0 Å². The molecule has 1 heterocycles. The summed E-state index contributed by atoms with van der Waals surface area (Å²) in [6.45, 7) is 0.395. The first-order chi connectivity index (χ1) is 8.88. The predicted molar refractivity (Wildman–Crippen MR) is 83.8 cm³/mol. The van der Waals surface area contributed by atoms with Gasteiger partial charge in [-0.15, -0.1) is 22.9 Å². The van der Waals surface area contributed by atoms with Crippen LogP contribution in [-0.4, -0.2) is 20.8 Å². The van der Waals surface area contributed by atoms with Crippen molar-refractivity contribution in [3.8, 4) is 0 Å². The Kier molecular flexibility index (Phi) is 5.23. The maximum absolute atomic E-state index is 12.2. The van der Waals surface area contributed by atoms with Gasteiger partial charge in [0.05, 0.1) is 8.81 Å². The van der Waals surface area contributed by atoms with Crippen molar-refractivity contribution in [1.29, 1.82) is 0 Å². The van der Waals surface area contributed by atoms with E-state index in [1.165, 1.54) is 6.07 Å². The van der Waals surface area contributed by atoms with Gasteiger partial charge in [-0.05, 0) is 40.3 Å². The Morgan fingerprint density at radius 1 is 1.42 bits per heavy atom. The highest BCUT2D eigenvalue weighted by molar-refractivity contribution is 9.11. The Bertz CT molecular complexity index is 534. The van der Waals surface area contributed by atoms with Crippen LogP contribution < -0.4 is 4.72 Å². The number of thiophene rings is 1. The highest BCUT2D eigenvalue weighted by Crippen LogP contribution is 2.39. The van der Waals surface area contributed by atoms with Crippen LogP contribution in [0.4, 0.5) is 0 Å². The van der Waals surface area contributed by atoms with Crippen molar-refractivity contribution in [3.05, 3.63) is 14.9 Å². The van der Waals surface area contributed by atoms with Gasteiger partial charge in [0.25, 0.3) is 0 Å². The molecule has 1 aromatic heterocycles. The molecule has 0 aromatic carbocycles. The second kappa shape index (κ2) is 6.20. The maximum atomic E-state index is 12.2. The molecular weight excluding hydrogens is 393 g/mol. The van der Waals surface area contributed by atoms with Crippen molar-refractivity contribution in [2.75, 3.05) is 12.4 Å². The average molecular weight is 407 g/mol. The molecule has 1 aliphatic rings. The first kappa shape index (κ1) is 16.0. The number of sulfonamides is 1. The van der Waals surface area contributed by atoms with Crippen LogP contribution in [0.25, 0.3) is 0 Å². The van der Waals surface area contributed by atoms with E-state index in [1.807, 2.05) is 0 Å². The number of nitrogens with one attached hydrogen (secondary N) is 1. The molecule has 1 aliphatic carbocycles. The van der Waals surface area contributed by atoms with Gasteiger partial charge in [-0.3, -0.25) is 0 Å². The minimum Gasteiger partial charge on any atom is -0.210 e. The molecule has 19 heavy (non-hydrogen) atoms.